The summed E-state index contributed by atoms with van der Waals surface area (Å²) >= 11 is 3.17. The zero-order valence-corrected chi connectivity index (χ0v) is 12.4. The number of nitrogens with one attached hydrogen (secondary N) is 1. The molecule has 0 aliphatic rings. The molecule has 1 amide bonds. The van der Waals surface area contributed by atoms with Gasteiger partial charge in [0, 0.05) is 22.0 Å². The van der Waals surface area contributed by atoms with Gasteiger partial charge in [0.2, 0.25) is 5.91 Å². The van der Waals surface area contributed by atoms with Gasteiger partial charge in [-0.15, -0.1) is 12.3 Å². The summed E-state index contributed by atoms with van der Waals surface area (Å²) in [6.45, 7) is 3.67. The monoisotopic (exact) mass is 326 g/mol. The second-order valence-electron chi connectivity index (χ2n) is 4.91. The van der Waals surface area contributed by atoms with Gasteiger partial charge < -0.3 is 5.73 Å². The quantitative estimate of drug-likeness (QED) is 0.817. The molecule has 1 atom stereocenters. The van der Waals surface area contributed by atoms with E-state index in [9.17, 15) is 9.18 Å². The second kappa shape index (κ2) is 6.18. The SMILES string of the molecule is C#CCC(C)(C)NC(C(N)=O)c1ccc(Br)cc1F. The number of carbonyl (C=O) groups excluding carboxylic acids is 1. The first kappa shape index (κ1) is 15.7. The number of nitrogens with two attached hydrogens (primary N) is 1. The van der Waals surface area contributed by atoms with E-state index in [0.717, 1.165) is 0 Å². The zero-order chi connectivity index (χ0) is 14.6. The van der Waals surface area contributed by atoms with Crippen molar-refractivity contribution in [2.75, 3.05) is 0 Å². The molecule has 19 heavy (non-hydrogen) atoms. The lowest BCUT2D eigenvalue weighted by Crippen LogP contribution is -2.46. The summed E-state index contributed by atoms with van der Waals surface area (Å²) in [6.07, 6.45) is 5.67. The van der Waals surface area contributed by atoms with Gasteiger partial charge in [0.05, 0.1) is 0 Å². The molecule has 3 N–H and O–H groups in total. The number of terminal acetylenes is 1. The maximum atomic E-state index is 13.9. The van der Waals surface area contributed by atoms with Gasteiger partial charge in [0.1, 0.15) is 11.9 Å². The molecule has 1 aromatic rings. The Labute approximate surface area is 120 Å². The Kier molecular flexibility index (Phi) is 5.10. The molecule has 3 nitrogen and oxygen atoms in total. The summed E-state index contributed by atoms with van der Waals surface area (Å²) in [5.41, 5.74) is 5.04. The molecule has 0 spiro atoms. The van der Waals surface area contributed by atoms with Crippen LogP contribution in [0.2, 0.25) is 0 Å². The van der Waals surface area contributed by atoms with Crippen LogP contribution in [0.5, 0.6) is 0 Å². The highest BCUT2D eigenvalue weighted by atomic mass is 79.9. The van der Waals surface area contributed by atoms with Crippen LogP contribution in [0.25, 0.3) is 0 Å². The molecule has 0 aliphatic heterocycles. The first-order valence-corrected chi connectivity index (χ1v) is 6.51. The van der Waals surface area contributed by atoms with Crippen molar-refractivity contribution in [1.29, 1.82) is 0 Å². The number of hydrogen-bond donors (Lipinski definition) is 2. The van der Waals surface area contributed by atoms with Gasteiger partial charge in [-0.1, -0.05) is 22.0 Å². The maximum absolute atomic E-state index is 13.9. The van der Waals surface area contributed by atoms with E-state index in [4.69, 9.17) is 12.2 Å². The average molecular weight is 327 g/mol. The third kappa shape index (κ3) is 4.34. The molecule has 0 saturated carbocycles. The summed E-state index contributed by atoms with van der Waals surface area (Å²) in [5.74, 6) is 1.37. The Morgan fingerprint density at radius 2 is 2.26 bits per heavy atom. The minimum atomic E-state index is -0.920. The van der Waals surface area contributed by atoms with Gasteiger partial charge in [0.15, 0.2) is 0 Å². The van der Waals surface area contributed by atoms with E-state index in [1.165, 1.54) is 12.1 Å². The molecule has 0 aromatic heterocycles. The van der Waals surface area contributed by atoms with E-state index in [1.807, 2.05) is 13.8 Å². The highest BCUT2D eigenvalue weighted by Gasteiger charge is 2.28. The lowest BCUT2D eigenvalue weighted by molar-refractivity contribution is -0.120. The van der Waals surface area contributed by atoms with E-state index >= 15 is 0 Å². The molecule has 1 rings (SSSR count). The number of amides is 1. The van der Waals surface area contributed by atoms with Crippen molar-refractivity contribution in [3.8, 4) is 12.3 Å². The standard InChI is InChI=1S/C14H16BrFN2O/c1-4-7-14(2,3)18-12(13(17)19)10-6-5-9(15)8-11(10)16/h1,5-6,8,12,18H,7H2,2-3H3,(H2,17,19). The van der Waals surface area contributed by atoms with Crippen molar-refractivity contribution in [2.24, 2.45) is 5.73 Å². The number of halogens is 2. The minimum Gasteiger partial charge on any atom is -0.368 e. The van der Waals surface area contributed by atoms with Gasteiger partial charge in [-0.25, -0.2) is 4.39 Å². The van der Waals surface area contributed by atoms with E-state index in [0.29, 0.717) is 10.9 Å². The van der Waals surface area contributed by atoms with Gasteiger partial charge in [-0.05, 0) is 26.0 Å². The Hall–Kier alpha value is -1.38. The van der Waals surface area contributed by atoms with Crippen molar-refractivity contribution in [3.05, 3.63) is 34.1 Å². The molecule has 0 aliphatic carbocycles. The minimum absolute atomic E-state index is 0.209. The van der Waals surface area contributed by atoms with Crippen LogP contribution in [-0.2, 0) is 4.79 Å². The van der Waals surface area contributed by atoms with Crippen LogP contribution in [0, 0.1) is 18.2 Å². The van der Waals surface area contributed by atoms with Gasteiger partial charge in [-0.3, -0.25) is 10.1 Å². The number of benzene rings is 1. The van der Waals surface area contributed by atoms with Crippen LogP contribution in [0.3, 0.4) is 0 Å². The van der Waals surface area contributed by atoms with Crippen LogP contribution in [-0.4, -0.2) is 11.4 Å². The third-order valence-corrected chi connectivity index (χ3v) is 3.13. The number of primary amides is 1. The van der Waals surface area contributed by atoms with Gasteiger partial charge >= 0.3 is 0 Å². The summed E-state index contributed by atoms with van der Waals surface area (Å²) in [7, 11) is 0. The van der Waals surface area contributed by atoms with Gasteiger partial charge in [0.25, 0.3) is 0 Å². The van der Waals surface area contributed by atoms with Crippen LogP contribution >= 0.6 is 15.9 Å². The Morgan fingerprint density at radius 3 is 2.74 bits per heavy atom. The molecular formula is C14H16BrFN2O. The van der Waals surface area contributed by atoms with Crippen LogP contribution in [0.1, 0.15) is 31.9 Å². The zero-order valence-electron chi connectivity index (χ0n) is 10.8. The fourth-order valence-corrected chi connectivity index (χ4v) is 2.07. The lowest BCUT2D eigenvalue weighted by atomic mass is 9.96. The van der Waals surface area contributed by atoms with E-state index < -0.39 is 23.3 Å². The largest absolute Gasteiger partial charge is 0.368 e. The van der Waals surface area contributed by atoms with Crippen molar-refractivity contribution in [3.63, 3.8) is 0 Å². The predicted molar refractivity (Wildman–Crippen MR) is 76.7 cm³/mol. The molecule has 0 fully saturated rings. The summed E-state index contributed by atoms with van der Waals surface area (Å²) in [5, 5.41) is 3.00. The molecule has 0 bridgehead atoms. The molecule has 0 saturated heterocycles. The normalized spacial score (nSPS) is 12.8. The van der Waals surface area contributed by atoms with E-state index in [-0.39, 0.29) is 5.56 Å². The van der Waals surface area contributed by atoms with Crippen molar-refractivity contribution in [1.82, 2.24) is 5.32 Å². The lowest BCUT2D eigenvalue weighted by Gasteiger charge is -2.29. The molecule has 0 radical (unpaired) electrons. The Balaban J connectivity index is 3.09. The number of carbonyl (C=O) groups is 1. The third-order valence-electron chi connectivity index (χ3n) is 2.64. The smallest absolute Gasteiger partial charge is 0.239 e. The average Bonchev–Trinajstić information content (AvgIpc) is 2.26. The molecule has 1 aromatic carbocycles. The molecule has 5 heteroatoms. The molecular weight excluding hydrogens is 311 g/mol. The van der Waals surface area contributed by atoms with Crippen LogP contribution in [0.4, 0.5) is 4.39 Å². The molecule has 0 heterocycles. The number of rotatable bonds is 5. The van der Waals surface area contributed by atoms with Crippen molar-refractivity contribution < 1.29 is 9.18 Å². The first-order chi connectivity index (χ1) is 8.76. The summed E-state index contributed by atoms with van der Waals surface area (Å²) < 4.78 is 14.5. The fourth-order valence-electron chi connectivity index (χ4n) is 1.73. The highest BCUT2D eigenvalue weighted by Crippen LogP contribution is 2.23. The van der Waals surface area contributed by atoms with Crippen molar-refractivity contribution in [2.45, 2.75) is 31.8 Å². The van der Waals surface area contributed by atoms with E-state index in [2.05, 4.69) is 27.2 Å². The Morgan fingerprint density at radius 1 is 1.63 bits per heavy atom. The fraction of sp³-hybridized carbons (Fsp3) is 0.357. The first-order valence-electron chi connectivity index (χ1n) is 5.72. The van der Waals surface area contributed by atoms with Crippen molar-refractivity contribution >= 4 is 21.8 Å². The Bertz CT molecular complexity index is 523. The number of hydrogen-bond acceptors (Lipinski definition) is 2. The maximum Gasteiger partial charge on any atom is 0.239 e. The summed E-state index contributed by atoms with van der Waals surface area (Å²) in [4.78, 5) is 11.5. The topological polar surface area (TPSA) is 55.1 Å². The summed E-state index contributed by atoms with van der Waals surface area (Å²) in [6, 6.07) is 3.55. The van der Waals surface area contributed by atoms with Crippen LogP contribution < -0.4 is 11.1 Å². The van der Waals surface area contributed by atoms with Crippen LogP contribution in [0.15, 0.2) is 22.7 Å². The second-order valence-corrected chi connectivity index (χ2v) is 5.83. The molecule has 1 unspecified atom stereocenters. The highest BCUT2D eigenvalue weighted by molar-refractivity contribution is 9.10. The predicted octanol–water partition coefficient (Wildman–Crippen LogP) is 2.51. The van der Waals surface area contributed by atoms with Gasteiger partial charge in [-0.2, -0.15) is 0 Å². The molecule has 102 valence electrons. The van der Waals surface area contributed by atoms with E-state index in [1.54, 1.807) is 6.07 Å².